The van der Waals surface area contributed by atoms with Crippen molar-refractivity contribution in [2.75, 3.05) is 11.9 Å². The molecule has 0 aliphatic carbocycles. The molecular formula is C10H14BrClN2. The highest BCUT2D eigenvalue weighted by Crippen LogP contribution is 2.23. The smallest absolute Gasteiger partial charge is 0.140 e. The van der Waals surface area contributed by atoms with E-state index in [9.17, 15) is 0 Å². The average Bonchev–Trinajstić information content (AvgIpc) is 2.12. The van der Waals surface area contributed by atoms with E-state index < -0.39 is 0 Å². The van der Waals surface area contributed by atoms with Gasteiger partial charge < -0.3 is 5.32 Å². The lowest BCUT2D eigenvalue weighted by Crippen LogP contribution is -2.08. The zero-order valence-corrected chi connectivity index (χ0v) is 10.7. The number of pyridine rings is 1. The highest BCUT2D eigenvalue weighted by atomic mass is 79.9. The minimum atomic E-state index is 0.200. The Hall–Kier alpha value is -0.280. The Morgan fingerprint density at radius 2 is 2.36 bits per heavy atom. The van der Waals surface area contributed by atoms with Crippen molar-refractivity contribution in [3.8, 4) is 0 Å². The Morgan fingerprint density at radius 1 is 1.64 bits per heavy atom. The Bertz CT molecular complexity index is 302. The van der Waals surface area contributed by atoms with Crippen molar-refractivity contribution in [1.29, 1.82) is 0 Å². The van der Waals surface area contributed by atoms with Crippen LogP contribution in [-0.2, 0) is 0 Å². The second kappa shape index (κ2) is 5.56. The molecule has 1 aromatic heterocycles. The third kappa shape index (κ3) is 3.46. The lowest BCUT2D eigenvalue weighted by molar-refractivity contribution is 0.838. The Labute approximate surface area is 98.2 Å². The van der Waals surface area contributed by atoms with E-state index in [-0.39, 0.29) is 5.38 Å². The summed E-state index contributed by atoms with van der Waals surface area (Å²) in [5, 5.41) is 3.44. The summed E-state index contributed by atoms with van der Waals surface area (Å²) in [5.41, 5.74) is 1.18. The quantitative estimate of drug-likeness (QED) is 0.851. The first kappa shape index (κ1) is 11.8. The highest BCUT2D eigenvalue weighted by molar-refractivity contribution is 9.10. The Kier molecular flexibility index (Phi) is 4.69. The third-order valence-electron chi connectivity index (χ3n) is 1.92. The van der Waals surface area contributed by atoms with Crippen LogP contribution < -0.4 is 5.32 Å². The van der Waals surface area contributed by atoms with Crippen LogP contribution in [0.5, 0.6) is 0 Å². The number of aryl methyl sites for hydroxylation is 1. The van der Waals surface area contributed by atoms with Crippen molar-refractivity contribution >= 4 is 33.3 Å². The molecule has 0 saturated heterocycles. The van der Waals surface area contributed by atoms with E-state index in [2.05, 4.69) is 26.2 Å². The van der Waals surface area contributed by atoms with Gasteiger partial charge in [0.05, 0.1) is 4.47 Å². The topological polar surface area (TPSA) is 24.9 Å². The maximum absolute atomic E-state index is 5.84. The van der Waals surface area contributed by atoms with Gasteiger partial charge in [-0.3, -0.25) is 0 Å². The molecule has 1 unspecified atom stereocenters. The van der Waals surface area contributed by atoms with E-state index >= 15 is 0 Å². The molecular weight excluding hydrogens is 263 g/mol. The first-order valence-corrected chi connectivity index (χ1v) is 5.83. The van der Waals surface area contributed by atoms with Gasteiger partial charge in [-0.15, -0.1) is 11.6 Å². The van der Waals surface area contributed by atoms with E-state index in [1.165, 1.54) is 5.56 Å². The van der Waals surface area contributed by atoms with Crippen molar-refractivity contribution in [1.82, 2.24) is 4.98 Å². The predicted molar refractivity (Wildman–Crippen MR) is 65.1 cm³/mol. The molecule has 14 heavy (non-hydrogen) atoms. The van der Waals surface area contributed by atoms with Crippen molar-refractivity contribution in [3.63, 3.8) is 0 Å². The Balaban J connectivity index is 2.54. The van der Waals surface area contributed by atoms with Crippen LogP contribution in [0.2, 0.25) is 0 Å². The molecule has 0 spiro atoms. The first-order chi connectivity index (χ1) is 6.61. The molecule has 2 nitrogen and oxygen atoms in total. The van der Waals surface area contributed by atoms with Crippen LogP contribution in [0, 0.1) is 6.92 Å². The normalized spacial score (nSPS) is 12.6. The first-order valence-electron chi connectivity index (χ1n) is 4.60. The lowest BCUT2D eigenvalue weighted by atomic mass is 10.3. The number of rotatable bonds is 4. The van der Waals surface area contributed by atoms with Crippen LogP contribution in [0.3, 0.4) is 0 Å². The summed E-state index contributed by atoms with van der Waals surface area (Å²) in [6, 6.07) is 1.97. The van der Waals surface area contributed by atoms with Crippen LogP contribution in [0.25, 0.3) is 0 Å². The van der Waals surface area contributed by atoms with Gasteiger partial charge in [0, 0.05) is 18.1 Å². The summed E-state index contributed by atoms with van der Waals surface area (Å²) >= 11 is 9.33. The summed E-state index contributed by atoms with van der Waals surface area (Å²) < 4.78 is 1.03. The summed E-state index contributed by atoms with van der Waals surface area (Å²) in [6.45, 7) is 4.88. The SMILES string of the molecule is Cc1ccnc(NCCC(C)Cl)c1Br. The van der Waals surface area contributed by atoms with Crippen molar-refractivity contribution in [2.45, 2.75) is 25.6 Å². The second-order valence-corrected chi connectivity index (χ2v) is 4.82. The molecule has 0 aliphatic heterocycles. The second-order valence-electron chi connectivity index (χ2n) is 3.29. The number of nitrogens with zero attached hydrogens (tertiary/aromatic N) is 1. The van der Waals surface area contributed by atoms with Gasteiger partial charge in [-0.2, -0.15) is 0 Å². The molecule has 0 aromatic carbocycles. The van der Waals surface area contributed by atoms with E-state index in [0.717, 1.165) is 23.3 Å². The number of alkyl halides is 1. The van der Waals surface area contributed by atoms with E-state index in [1.807, 2.05) is 19.9 Å². The molecule has 0 amide bonds. The summed E-state index contributed by atoms with van der Waals surface area (Å²) in [7, 11) is 0. The summed E-state index contributed by atoms with van der Waals surface area (Å²) in [4.78, 5) is 4.23. The van der Waals surface area contributed by atoms with Gasteiger partial charge in [0.2, 0.25) is 0 Å². The molecule has 1 N–H and O–H groups in total. The largest absolute Gasteiger partial charge is 0.369 e. The fourth-order valence-corrected chi connectivity index (χ4v) is 1.54. The van der Waals surface area contributed by atoms with Crippen molar-refractivity contribution in [2.24, 2.45) is 0 Å². The van der Waals surface area contributed by atoms with Gasteiger partial charge in [-0.25, -0.2) is 4.98 Å². The average molecular weight is 278 g/mol. The van der Waals surface area contributed by atoms with Crippen molar-refractivity contribution < 1.29 is 0 Å². The molecule has 1 heterocycles. The lowest BCUT2D eigenvalue weighted by Gasteiger charge is -2.09. The van der Waals surface area contributed by atoms with Gasteiger partial charge >= 0.3 is 0 Å². The van der Waals surface area contributed by atoms with E-state index in [0.29, 0.717) is 0 Å². The standard InChI is InChI=1S/C10H14BrClN2/c1-7-3-5-13-10(9(7)11)14-6-4-8(2)12/h3,5,8H,4,6H2,1-2H3,(H,13,14). The predicted octanol–water partition coefficient (Wildman–Crippen LogP) is 3.58. The molecule has 1 rings (SSSR count). The number of hydrogen-bond donors (Lipinski definition) is 1. The van der Waals surface area contributed by atoms with Crippen LogP contribution in [0.4, 0.5) is 5.82 Å². The molecule has 0 saturated carbocycles. The highest BCUT2D eigenvalue weighted by Gasteiger charge is 2.03. The molecule has 0 radical (unpaired) electrons. The molecule has 0 bridgehead atoms. The third-order valence-corrected chi connectivity index (χ3v) is 3.14. The van der Waals surface area contributed by atoms with Gasteiger partial charge in [-0.1, -0.05) is 0 Å². The van der Waals surface area contributed by atoms with Gasteiger partial charge in [0.1, 0.15) is 5.82 Å². The molecule has 4 heteroatoms. The molecule has 0 aliphatic rings. The number of halogens is 2. The minimum Gasteiger partial charge on any atom is -0.369 e. The number of anilines is 1. The van der Waals surface area contributed by atoms with Gasteiger partial charge in [-0.05, 0) is 47.8 Å². The maximum atomic E-state index is 5.84. The van der Waals surface area contributed by atoms with E-state index in [4.69, 9.17) is 11.6 Å². The molecule has 0 fully saturated rings. The van der Waals surface area contributed by atoms with Crippen LogP contribution in [0.15, 0.2) is 16.7 Å². The van der Waals surface area contributed by atoms with Gasteiger partial charge in [0.25, 0.3) is 0 Å². The fraction of sp³-hybridized carbons (Fsp3) is 0.500. The molecule has 1 aromatic rings. The zero-order valence-electron chi connectivity index (χ0n) is 8.35. The molecule has 78 valence electrons. The summed E-state index contributed by atoms with van der Waals surface area (Å²) in [5.74, 6) is 0.891. The number of hydrogen-bond acceptors (Lipinski definition) is 2. The minimum absolute atomic E-state index is 0.200. The van der Waals surface area contributed by atoms with Crippen LogP contribution >= 0.6 is 27.5 Å². The summed E-state index contributed by atoms with van der Waals surface area (Å²) in [6.07, 6.45) is 2.73. The van der Waals surface area contributed by atoms with E-state index in [1.54, 1.807) is 6.20 Å². The fourth-order valence-electron chi connectivity index (χ4n) is 1.05. The number of aromatic nitrogens is 1. The van der Waals surface area contributed by atoms with Crippen LogP contribution in [0.1, 0.15) is 18.9 Å². The van der Waals surface area contributed by atoms with Gasteiger partial charge in [0.15, 0.2) is 0 Å². The Morgan fingerprint density at radius 3 is 3.00 bits per heavy atom. The van der Waals surface area contributed by atoms with Crippen LogP contribution in [-0.4, -0.2) is 16.9 Å². The zero-order chi connectivity index (χ0) is 10.6. The molecule has 1 atom stereocenters. The van der Waals surface area contributed by atoms with Crippen molar-refractivity contribution in [3.05, 3.63) is 22.3 Å². The monoisotopic (exact) mass is 276 g/mol. The maximum Gasteiger partial charge on any atom is 0.140 e. The number of nitrogens with one attached hydrogen (secondary N) is 1.